The van der Waals surface area contributed by atoms with Crippen LogP contribution in [-0.2, 0) is 6.42 Å². The number of H-pyrrole nitrogens is 1. The fourth-order valence-electron chi connectivity index (χ4n) is 2.00. The van der Waals surface area contributed by atoms with E-state index in [-0.39, 0.29) is 16.8 Å². The minimum Gasteiger partial charge on any atom is -0.368 e. The Hall–Kier alpha value is -2.00. The van der Waals surface area contributed by atoms with E-state index in [9.17, 15) is 10.1 Å². The predicted octanol–water partition coefficient (Wildman–Crippen LogP) is 3.13. The first-order valence-electron chi connectivity index (χ1n) is 6.59. The van der Waals surface area contributed by atoms with Crippen LogP contribution < -0.4 is 5.32 Å². The molecule has 2 rings (SSSR count). The molecule has 2 heterocycles. The summed E-state index contributed by atoms with van der Waals surface area (Å²) in [4.78, 5) is 14.0. The number of rotatable bonds is 6. The maximum absolute atomic E-state index is 10.6. The first kappa shape index (κ1) is 16.4. The number of halogens is 1. The summed E-state index contributed by atoms with van der Waals surface area (Å²) in [5.74, 6) is 1.23. The molecule has 0 spiro atoms. The summed E-state index contributed by atoms with van der Waals surface area (Å²) in [6.45, 7) is 4.57. The Balaban J connectivity index is 2.03. The molecule has 2 N–H and O–H groups in total. The molecule has 0 aliphatic rings. The van der Waals surface area contributed by atoms with Crippen LogP contribution in [0.2, 0.25) is 5.02 Å². The molecule has 0 bridgehead atoms. The second-order valence-electron chi connectivity index (χ2n) is 4.87. The monoisotopic (exact) mass is 342 g/mol. The van der Waals surface area contributed by atoms with Gasteiger partial charge >= 0.3 is 0 Å². The average Bonchev–Trinajstić information content (AvgIpc) is 2.81. The van der Waals surface area contributed by atoms with Crippen molar-refractivity contribution in [1.82, 2.24) is 19.7 Å². The molecule has 10 heteroatoms. The topological polar surface area (TPSA) is 102 Å². The molecule has 0 aliphatic carbocycles. The molecule has 0 unspecified atom stereocenters. The number of nitrogens with zero attached hydrogens (tertiary/aromatic N) is 4. The molecule has 0 radical (unpaired) electrons. The van der Waals surface area contributed by atoms with E-state index in [4.69, 9.17) is 23.8 Å². The first-order valence-corrected chi connectivity index (χ1v) is 7.38. The number of aromatic nitrogens is 4. The molecular weight excluding hydrogens is 328 g/mol. The van der Waals surface area contributed by atoms with Crippen LogP contribution in [-0.4, -0.2) is 31.2 Å². The zero-order chi connectivity index (χ0) is 16.3. The van der Waals surface area contributed by atoms with Gasteiger partial charge in [-0.3, -0.25) is 15.2 Å². The molecule has 0 aromatic carbocycles. The third kappa shape index (κ3) is 3.60. The summed E-state index contributed by atoms with van der Waals surface area (Å²) < 4.78 is 2.51. The molecule has 0 saturated heterocycles. The maximum Gasteiger partial charge on any atom is 0.289 e. The third-order valence-electron chi connectivity index (χ3n) is 2.97. The number of hydrogen-bond donors (Lipinski definition) is 2. The minimum atomic E-state index is -0.539. The lowest BCUT2D eigenvalue weighted by molar-refractivity contribution is -0.385. The van der Waals surface area contributed by atoms with Gasteiger partial charge in [-0.1, -0.05) is 11.6 Å². The Morgan fingerprint density at radius 1 is 1.59 bits per heavy atom. The maximum atomic E-state index is 10.6. The molecule has 0 fully saturated rings. The van der Waals surface area contributed by atoms with E-state index in [1.165, 1.54) is 12.3 Å². The molecule has 22 heavy (non-hydrogen) atoms. The van der Waals surface area contributed by atoms with E-state index in [1.807, 2.05) is 18.4 Å². The Bertz CT molecular complexity index is 741. The van der Waals surface area contributed by atoms with Crippen molar-refractivity contribution >= 4 is 35.3 Å². The van der Waals surface area contributed by atoms with E-state index in [1.54, 1.807) is 0 Å². The summed E-state index contributed by atoms with van der Waals surface area (Å²) in [5, 5.41) is 20.8. The van der Waals surface area contributed by atoms with Gasteiger partial charge in [0.05, 0.1) is 9.95 Å². The molecule has 0 aliphatic heterocycles. The summed E-state index contributed by atoms with van der Waals surface area (Å²) in [7, 11) is 0. The van der Waals surface area contributed by atoms with Crippen molar-refractivity contribution in [1.29, 1.82) is 0 Å². The van der Waals surface area contributed by atoms with Crippen molar-refractivity contribution in [3.05, 3.63) is 38.0 Å². The SMILES string of the molecule is CC(C)n1c(CCNc2ncc([N+](=O)[O-])cc2Cl)n[nH]c1=S. The Kier molecular flexibility index (Phi) is 5.09. The van der Waals surface area contributed by atoms with Gasteiger partial charge in [0.15, 0.2) is 4.77 Å². The molecule has 0 atom stereocenters. The predicted molar refractivity (Wildman–Crippen MR) is 85.9 cm³/mol. The van der Waals surface area contributed by atoms with E-state index >= 15 is 0 Å². The van der Waals surface area contributed by atoms with Gasteiger partial charge in [0.2, 0.25) is 0 Å². The number of hydrogen-bond acceptors (Lipinski definition) is 6. The van der Waals surface area contributed by atoms with Gasteiger partial charge in [-0.05, 0) is 26.1 Å². The first-order chi connectivity index (χ1) is 10.4. The van der Waals surface area contributed by atoms with Crippen LogP contribution in [0.15, 0.2) is 12.3 Å². The number of nitrogens with one attached hydrogen (secondary N) is 2. The van der Waals surface area contributed by atoms with Crippen LogP contribution in [0.25, 0.3) is 0 Å². The summed E-state index contributed by atoms with van der Waals surface area (Å²) in [6.07, 6.45) is 1.78. The van der Waals surface area contributed by atoms with Crippen LogP contribution >= 0.6 is 23.8 Å². The van der Waals surface area contributed by atoms with Crippen molar-refractivity contribution in [2.45, 2.75) is 26.3 Å². The second kappa shape index (κ2) is 6.84. The van der Waals surface area contributed by atoms with Gasteiger partial charge in [-0.25, -0.2) is 4.98 Å². The quantitative estimate of drug-likeness (QED) is 0.475. The molecule has 0 saturated carbocycles. The highest BCUT2D eigenvalue weighted by molar-refractivity contribution is 7.71. The number of anilines is 1. The zero-order valence-electron chi connectivity index (χ0n) is 12.0. The van der Waals surface area contributed by atoms with Crippen molar-refractivity contribution in [2.24, 2.45) is 0 Å². The van der Waals surface area contributed by atoms with Crippen molar-refractivity contribution in [3.8, 4) is 0 Å². The molecule has 0 amide bonds. The number of pyridine rings is 1. The van der Waals surface area contributed by atoms with Crippen molar-refractivity contribution in [3.63, 3.8) is 0 Å². The second-order valence-corrected chi connectivity index (χ2v) is 5.66. The van der Waals surface area contributed by atoms with Crippen molar-refractivity contribution in [2.75, 3.05) is 11.9 Å². The fourth-order valence-corrected chi connectivity index (χ4v) is 2.59. The van der Waals surface area contributed by atoms with E-state index in [2.05, 4.69) is 20.5 Å². The van der Waals surface area contributed by atoms with Crippen LogP contribution in [0.3, 0.4) is 0 Å². The summed E-state index contributed by atoms with van der Waals surface area (Å²) in [5.41, 5.74) is -0.142. The van der Waals surface area contributed by atoms with Crippen LogP contribution in [0, 0.1) is 14.9 Å². The zero-order valence-corrected chi connectivity index (χ0v) is 13.6. The normalized spacial score (nSPS) is 10.9. The molecule has 2 aromatic rings. The van der Waals surface area contributed by atoms with E-state index < -0.39 is 4.92 Å². The fraction of sp³-hybridized carbons (Fsp3) is 0.417. The standard InChI is InChI=1S/C12H15ClN6O2S/c1-7(2)18-10(16-17-12(18)22)3-4-14-11-9(13)5-8(6-15-11)19(20)21/h5-7H,3-4H2,1-2H3,(H,14,15)(H,17,22). The highest BCUT2D eigenvalue weighted by Crippen LogP contribution is 2.23. The van der Waals surface area contributed by atoms with Crippen LogP contribution in [0.5, 0.6) is 0 Å². The Morgan fingerprint density at radius 2 is 2.32 bits per heavy atom. The van der Waals surface area contributed by atoms with Gasteiger partial charge in [0, 0.05) is 25.1 Å². The minimum absolute atomic E-state index is 0.142. The van der Waals surface area contributed by atoms with Gasteiger partial charge in [-0.2, -0.15) is 5.10 Å². The Labute approximate surface area is 136 Å². The van der Waals surface area contributed by atoms with E-state index in [0.717, 1.165) is 5.82 Å². The van der Waals surface area contributed by atoms with Gasteiger partial charge in [0.25, 0.3) is 5.69 Å². The smallest absolute Gasteiger partial charge is 0.289 e. The Morgan fingerprint density at radius 3 is 2.91 bits per heavy atom. The van der Waals surface area contributed by atoms with Crippen LogP contribution in [0.1, 0.15) is 25.7 Å². The van der Waals surface area contributed by atoms with Gasteiger partial charge in [0.1, 0.15) is 17.8 Å². The number of aromatic amines is 1. The van der Waals surface area contributed by atoms with Gasteiger partial charge in [-0.15, -0.1) is 0 Å². The summed E-state index contributed by atoms with van der Waals surface area (Å²) >= 11 is 11.1. The van der Waals surface area contributed by atoms with E-state index in [0.29, 0.717) is 23.6 Å². The lowest BCUT2D eigenvalue weighted by Gasteiger charge is -2.11. The third-order valence-corrected chi connectivity index (χ3v) is 3.55. The molecular formula is C12H15ClN6O2S. The molecule has 118 valence electrons. The largest absolute Gasteiger partial charge is 0.368 e. The average molecular weight is 343 g/mol. The van der Waals surface area contributed by atoms with Crippen LogP contribution in [0.4, 0.5) is 11.5 Å². The summed E-state index contributed by atoms with van der Waals surface area (Å²) in [6, 6.07) is 1.48. The number of nitro groups is 1. The van der Waals surface area contributed by atoms with Gasteiger partial charge < -0.3 is 9.88 Å². The molecule has 2 aromatic heterocycles. The molecule has 8 nitrogen and oxygen atoms in total. The highest BCUT2D eigenvalue weighted by Gasteiger charge is 2.12. The lowest BCUT2D eigenvalue weighted by Crippen LogP contribution is -2.13. The van der Waals surface area contributed by atoms with Crippen molar-refractivity contribution < 1.29 is 4.92 Å². The lowest BCUT2D eigenvalue weighted by atomic mass is 10.3. The highest BCUT2D eigenvalue weighted by atomic mass is 35.5.